The van der Waals surface area contributed by atoms with Gasteiger partial charge in [0.1, 0.15) is 5.02 Å². The highest BCUT2D eigenvalue weighted by molar-refractivity contribution is 6.32. The molecule has 1 aromatic rings. The summed E-state index contributed by atoms with van der Waals surface area (Å²) in [5.41, 5.74) is 11.4. The van der Waals surface area contributed by atoms with Crippen LogP contribution in [-0.4, -0.2) is 11.5 Å². The smallest absolute Gasteiger partial charge is 0.288 e. The number of rotatable bonds is 3. The fourth-order valence-electron chi connectivity index (χ4n) is 1.04. The van der Waals surface area contributed by atoms with Crippen molar-refractivity contribution < 1.29 is 4.92 Å². The van der Waals surface area contributed by atoms with E-state index in [1.54, 1.807) is 6.07 Å². The second-order valence-electron chi connectivity index (χ2n) is 2.81. The van der Waals surface area contributed by atoms with E-state index in [0.717, 1.165) is 0 Å². The molecule has 0 unspecified atom stereocenters. The van der Waals surface area contributed by atoms with E-state index >= 15 is 0 Å². The highest BCUT2D eigenvalue weighted by Gasteiger charge is 2.14. The molecule has 0 heterocycles. The van der Waals surface area contributed by atoms with E-state index in [1.807, 2.05) is 0 Å². The minimum atomic E-state index is -0.547. The molecular weight excluding hydrogens is 206 g/mol. The van der Waals surface area contributed by atoms with Crippen molar-refractivity contribution in [3.63, 3.8) is 0 Å². The van der Waals surface area contributed by atoms with Crippen LogP contribution >= 0.6 is 11.6 Å². The number of nitro groups is 1. The van der Waals surface area contributed by atoms with Crippen LogP contribution in [0.2, 0.25) is 5.02 Å². The zero-order valence-corrected chi connectivity index (χ0v) is 8.07. The van der Waals surface area contributed by atoms with Gasteiger partial charge in [-0.2, -0.15) is 0 Å². The largest absolute Gasteiger partial charge is 0.329 e. The predicted octanol–water partition coefficient (Wildman–Crippen LogP) is 1.21. The van der Waals surface area contributed by atoms with Gasteiger partial charge in [-0.25, -0.2) is 0 Å². The molecule has 1 rings (SSSR count). The first-order valence-corrected chi connectivity index (χ1v) is 4.33. The average molecular weight is 216 g/mol. The number of nitrogens with zero attached hydrogens (tertiary/aromatic N) is 1. The Morgan fingerprint density at radius 1 is 1.57 bits per heavy atom. The second-order valence-corrected chi connectivity index (χ2v) is 3.22. The highest BCUT2D eigenvalue weighted by Crippen LogP contribution is 2.26. The molecule has 0 aliphatic rings. The fourth-order valence-corrected chi connectivity index (χ4v) is 1.22. The zero-order valence-electron chi connectivity index (χ0n) is 7.31. The van der Waals surface area contributed by atoms with Crippen LogP contribution in [0, 0.1) is 10.1 Å². The molecule has 76 valence electrons. The van der Waals surface area contributed by atoms with E-state index in [1.165, 1.54) is 12.1 Å². The molecule has 5 nitrogen and oxygen atoms in total. The molecule has 0 amide bonds. The minimum Gasteiger partial charge on any atom is -0.329 e. The first-order valence-electron chi connectivity index (χ1n) is 3.95. The highest BCUT2D eigenvalue weighted by atomic mass is 35.5. The summed E-state index contributed by atoms with van der Waals surface area (Å²) in [5, 5.41) is 10.6. The van der Waals surface area contributed by atoms with Gasteiger partial charge in [-0.3, -0.25) is 10.1 Å². The van der Waals surface area contributed by atoms with Gasteiger partial charge in [0, 0.05) is 18.7 Å². The standard InChI is InChI=1S/C8H10ClN3O2/c9-6-2-1-5(7(11)4-10)3-8(6)12(13)14/h1-3,7H,4,10-11H2/t7-/m1/s1. The van der Waals surface area contributed by atoms with Crippen molar-refractivity contribution in [3.05, 3.63) is 38.9 Å². The molecule has 0 radical (unpaired) electrons. The van der Waals surface area contributed by atoms with Gasteiger partial charge in [-0.1, -0.05) is 17.7 Å². The van der Waals surface area contributed by atoms with Crippen LogP contribution in [0.5, 0.6) is 0 Å². The molecule has 0 aliphatic carbocycles. The summed E-state index contributed by atoms with van der Waals surface area (Å²) in [6.07, 6.45) is 0. The van der Waals surface area contributed by atoms with Crippen LogP contribution in [0.1, 0.15) is 11.6 Å². The molecule has 0 saturated carbocycles. The van der Waals surface area contributed by atoms with Gasteiger partial charge in [0.05, 0.1) is 4.92 Å². The number of benzene rings is 1. The Bertz CT molecular complexity index is 356. The molecule has 0 bridgehead atoms. The average Bonchev–Trinajstić information content (AvgIpc) is 2.17. The Hall–Kier alpha value is -1.17. The van der Waals surface area contributed by atoms with E-state index in [-0.39, 0.29) is 17.3 Å². The molecule has 0 spiro atoms. The number of nitro benzene ring substituents is 1. The van der Waals surface area contributed by atoms with Crippen LogP contribution in [-0.2, 0) is 0 Å². The number of halogens is 1. The van der Waals surface area contributed by atoms with Gasteiger partial charge in [0.25, 0.3) is 5.69 Å². The molecule has 0 aromatic heterocycles. The Kier molecular flexibility index (Phi) is 3.40. The van der Waals surface area contributed by atoms with E-state index in [4.69, 9.17) is 23.1 Å². The SMILES string of the molecule is NC[C@@H](N)c1ccc(Cl)c([N+](=O)[O-])c1. The molecule has 0 aliphatic heterocycles. The number of hydrogen-bond donors (Lipinski definition) is 2. The minimum absolute atomic E-state index is 0.1000. The van der Waals surface area contributed by atoms with Crippen molar-refractivity contribution in [2.24, 2.45) is 11.5 Å². The Morgan fingerprint density at radius 3 is 2.71 bits per heavy atom. The van der Waals surface area contributed by atoms with Gasteiger partial charge < -0.3 is 11.5 Å². The Labute approximate surface area is 85.8 Å². The molecule has 0 fully saturated rings. The maximum Gasteiger partial charge on any atom is 0.288 e. The lowest BCUT2D eigenvalue weighted by molar-refractivity contribution is -0.384. The van der Waals surface area contributed by atoms with Crippen LogP contribution in [0.15, 0.2) is 18.2 Å². The van der Waals surface area contributed by atoms with E-state index in [2.05, 4.69) is 0 Å². The third-order valence-electron chi connectivity index (χ3n) is 1.85. The van der Waals surface area contributed by atoms with Crippen molar-refractivity contribution in [1.82, 2.24) is 0 Å². The maximum absolute atomic E-state index is 10.5. The number of nitrogens with two attached hydrogens (primary N) is 2. The summed E-state index contributed by atoms with van der Waals surface area (Å²) < 4.78 is 0. The van der Waals surface area contributed by atoms with Crippen molar-refractivity contribution in [2.75, 3.05) is 6.54 Å². The van der Waals surface area contributed by atoms with Gasteiger partial charge in [-0.15, -0.1) is 0 Å². The summed E-state index contributed by atoms with van der Waals surface area (Å²) in [4.78, 5) is 9.99. The van der Waals surface area contributed by atoms with Crippen LogP contribution < -0.4 is 11.5 Å². The monoisotopic (exact) mass is 215 g/mol. The van der Waals surface area contributed by atoms with Crippen molar-refractivity contribution in [1.29, 1.82) is 0 Å². The summed E-state index contributed by atoms with van der Waals surface area (Å²) in [7, 11) is 0. The Morgan fingerprint density at radius 2 is 2.21 bits per heavy atom. The topological polar surface area (TPSA) is 95.2 Å². The summed E-state index contributed by atoms with van der Waals surface area (Å²) in [5.74, 6) is 0. The van der Waals surface area contributed by atoms with Gasteiger partial charge in [0.15, 0.2) is 0 Å². The summed E-state index contributed by atoms with van der Waals surface area (Å²) in [6.45, 7) is 0.235. The zero-order chi connectivity index (χ0) is 10.7. The number of hydrogen-bond acceptors (Lipinski definition) is 4. The van der Waals surface area contributed by atoms with Crippen LogP contribution in [0.4, 0.5) is 5.69 Å². The third-order valence-corrected chi connectivity index (χ3v) is 2.17. The van der Waals surface area contributed by atoms with Gasteiger partial charge in [-0.05, 0) is 11.6 Å². The van der Waals surface area contributed by atoms with E-state index < -0.39 is 11.0 Å². The molecule has 14 heavy (non-hydrogen) atoms. The molecule has 6 heteroatoms. The molecule has 0 saturated heterocycles. The summed E-state index contributed by atoms with van der Waals surface area (Å²) >= 11 is 5.63. The van der Waals surface area contributed by atoms with Gasteiger partial charge >= 0.3 is 0 Å². The van der Waals surface area contributed by atoms with Crippen molar-refractivity contribution in [3.8, 4) is 0 Å². The van der Waals surface area contributed by atoms with Crippen molar-refractivity contribution >= 4 is 17.3 Å². The predicted molar refractivity (Wildman–Crippen MR) is 54.1 cm³/mol. The first-order chi connectivity index (χ1) is 6.56. The fraction of sp³-hybridized carbons (Fsp3) is 0.250. The van der Waals surface area contributed by atoms with Crippen molar-refractivity contribution in [2.45, 2.75) is 6.04 Å². The van der Waals surface area contributed by atoms with Crippen LogP contribution in [0.3, 0.4) is 0 Å². The lowest BCUT2D eigenvalue weighted by atomic mass is 10.1. The lowest BCUT2D eigenvalue weighted by Crippen LogP contribution is -2.20. The molecule has 1 aromatic carbocycles. The molecular formula is C8H10ClN3O2. The van der Waals surface area contributed by atoms with E-state index in [0.29, 0.717) is 5.56 Å². The van der Waals surface area contributed by atoms with Crippen LogP contribution in [0.25, 0.3) is 0 Å². The lowest BCUT2D eigenvalue weighted by Gasteiger charge is -2.08. The molecule has 1 atom stereocenters. The second kappa shape index (κ2) is 4.36. The summed E-state index contributed by atoms with van der Waals surface area (Å²) in [6, 6.07) is 4.03. The van der Waals surface area contributed by atoms with E-state index in [9.17, 15) is 10.1 Å². The van der Waals surface area contributed by atoms with Gasteiger partial charge in [0.2, 0.25) is 0 Å². The maximum atomic E-state index is 10.5. The normalized spacial score (nSPS) is 12.5. The third kappa shape index (κ3) is 2.20. The Balaban J connectivity index is 3.12. The quantitative estimate of drug-likeness (QED) is 0.585. The molecule has 4 N–H and O–H groups in total. The first kappa shape index (κ1) is 10.9.